The van der Waals surface area contributed by atoms with E-state index in [0.717, 1.165) is 42.0 Å². The molecule has 3 rings (SSSR count). The van der Waals surface area contributed by atoms with Crippen LogP contribution in [0.2, 0.25) is 0 Å². The average Bonchev–Trinajstić information content (AvgIpc) is 2.98. The Hall–Kier alpha value is -2.89. The number of amides is 2. The van der Waals surface area contributed by atoms with Crippen LogP contribution in [-0.2, 0) is 9.59 Å². The number of nitrogens with one attached hydrogen (secondary N) is 1. The fourth-order valence-electron chi connectivity index (χ4n) is 3.31. The fraction of sp³-hybridized carbons (Fsp3) is 0.381. The van der Waals surface area contributed by atoms with Gasteiger partial charge in [0.1, 0.15) is 5.75 Å². The van der Waals surface area contributed by atoms with E-state index in [2.05, 4.69) is 10.5 Å². The van der Waals surface area contributed by atoms with Gasteiger partial charge in [0.25, 0.3) is 0 Å². The molecule has 1 aliphatic heterocycles. The second-order valence-corrected chi connectivity index (χ2v) is 6.54. The maximum Gasteiger partial charge on any atom is 0.329 e. The van der Waals surface area contributed by atoms with Crippen LogP contribution in [0.1, 0.15) is 38.2 Å². The minimum atomic E-state index is -0.702. The summed E-state index contributed by atoms with van der Waals surface area (Å²) < 4.78 is 5.68. The van der Waals surface area contributed by atoms with E-state index in [0.29, 0.717) is 25.4 Å². The number of rotatable bonds is 4. The van der Waals surface area contributed by atoms with E-state index >= 15 is 0 Å². The molecule has 0 saturated carbocycles. The lowest BCUT2D eigenvalue weighted by Crippen LogP contribution is -2.41. The monoisotopic (exact) mass is 367 g/mol. The number of nitrogens with zero attached hydrogens (tertiary/aromatic N) is 2. The van der Waals surface area contributed by atoms with Gasteiger partial charge in [0.2, 0.25) is 0 Å². The highest BCUT2D eigenvalue weighted by Crippen LogP contribution is 2.26. The summed E-state index contributed by atoms with van der Waals surface area (Å²) in [4.78, 5) is 26.1. The molecule has 2 amide bonds. The van der Waals surface area contributed by atoms with E-state index in [9.17, 15) is 9.59 Å². The summed E-state index contributed by atoms with van der Waals surface area (Å²) in [5, 5.41) is 6.04. The number of carbonyl (C=O) groups excluding carboxylic acids is 2. The minimum absolute atomic E-state index is 0.517. The third-order valence-electron chi connectivity index (χ3n) is 4.68. The molecule has 27 heavy (non-hydrogen) atoms. The summed E-state index contributed by atoms with van der Waals surface area (Å²) in [5.74, 6) is -0.531. The second-order valence-electron chi connectivity index (χ2n) is 6.54. The zero-order valence-corrected chi connectivity index (χ0v) is 15.6. The highest BCUT2D eigenvalue weighted by atomic mass is 16.5. The molecular formula is C21H25N3O3. The number of ether oxygens (including phenoxy) is 1. The van der Waals surface area contributed by atoms with E-state index < -0.39 is 11.8 Å². The Bertz CT molecular complexity index is 840. The van der Waals surface area contributed by atoms with Crippen molar-refractivity contribution in [1.29, 1.82) is 0 Å². The lowest BCUT2D eigenvalue weighted by molar-refractivity contribution is -0.145. The second kappa shape index (κ2) is 9.16. The zero-order chi connectivity index (χ0) is 19.1. The van der Waals surface area contributed by atoms with Gasteiger partial charge in [0.15, 0.2) is 0 Å². The van der Waals surface area contributed by atoms with Crippen molar-refractivity contribution in [1.82, 2.24) is 10.3 Å². The highest BCUT2D eigenvalue weighted by Gasteiger charge is 2.22. The van der Waals surface area contributed by atoms with Crippen molar-refractivity contribution in [2.45, 2.75) is 32.6 Å². The summed E-state index contributed by atoms with van der Waals surface area (Å²) in [5.41, 5.74) is 3.14. The van der Waals surface area contributed by atoms with Gasteiger partial charge >= 0.3 is 11.8 Å². The van der Waals surface area contributed by atoms with E-state index in [1.165, 1.54) is 0 Å². The Morgan fingerprint density at radius 2 is 1.85 bits per heavy atom. The first-order valence-corrected chi connectivity index (χ1v) is 9.47. The fourth-order valence-corrected chi connectivity index (χ4v) is 3.31. The first-order chi connectivity index (χ1) is 13.2. The minimum Gasteiger partial charge on any atom is -0.493 e. The highest BCUT2D eigenvalue weighted by molar-refractivity contribution is 6.35. The van der Waals surface area contributed by atoms with Gasteiger partial charge in [0, 0.05) is 18.7 Å². The summed E-state index contributed by atoms with van der Waals surface area (Å²) in [7, 11) is 0. The SMILES string of the molecule is CCOc1ccc2ccccc2c1/C=N\NC(=O)C(=O)N1CCCCCC1. The molecule has 1 N–H and O–H groups in total. The van der Waals surface area contributed by atoms with E-state index in [4.69, 9.17) is 4.74 Å². The summed E-state index contributed by atoms with van der Waals surface area (Å²) in [6.07, 6.45) is 5.63. The predicted molar refractivity (Wildman–Crippen MR) is 106 cm³/mol. The van der Waals surface area contributed by atoms with Crippen molar-refractivity contribution in [2.24, 2.45) is 5.10 Å². The van der Waals surface area contributed by atoms with Crippen LogP contribution in [0.4, 0.5) is 0 Å². The first kappa shape index (κ1) is 18.9. The van der Waals surface area contributed by atoms with Crippen molar-refractivity contribution in [3.8, 4) is 5.75 Å². The van der Waals surface area contributed by atoms with Crippen LogP contribution in [0.15, 0.2) is 41.5 Å². The van der Waals surface area contributed by atoms with Gasteiger partial charge in [-0.2, -0.15) is 5.10 Å². The Morgan fingerprint density at radius 3 is 2.59 bits per heavy atom. The van der Waals surface area contributed by atoms with E-state index in [1.54, 1.807) is 11.1 Å². The van der Waals surface area contributed by atoms with E-state index in [1.807, 2.05) is 43.3 Å². The molecule has 0 aromatic heterocycles. The lowest BCUT2D eigenvalue weighted by atomic mass is 10.0. The third-order valence-corrected chi connectivity index (χ3v) is 4.68. The van der Waals surface area contributed by atoms with Crippen molar-refractivity contribution in [3.63, 3.8) is 0 Å². The number of hydrogen-bond donors (Lipinski definition) is 1. The largest absolute Gasteiger partial charge is 0.493 e. The number of likely N-dealkylation sites (tertiary alicyclic amines) is 1. The number of benzene rings is 2. The van der Waals surface area contributed by atoms with Gasteiger partial charge in [-0.3, -0.25) is 9.59 Å². The molecule has 2 aromatic rings. The normalized spacial score (nSPS) is 14.9. The zero-order valence-electron chi connectivity index (χ0n) is 15.6. The maximum absolute atomic E-state index is 12.3. The molecule has 0 aliphatic carbocycles. The molecule has 0 unspecified atom stereocenters. The molecule has 0 atom stereocenters. The molecule has 0 radical (unpaired) electrons. The summed E-state index contributed by atoms with van der Waals surface area (Å²) in [6, 6.07) is 11.8. The van der Waals surface area contributed by atoms with Crippen molar-refractivity contribution in [2.75, 3.05) is 19.7 Å². The van der Waals surface area contributed by atoms with Crippen molar-refractivity contribution < 1.29 is 14.3 Å². The van der Waals surface area contributed by atoms with Crippen LogP contribution in [0.25, 0.3) is 10.8 Å². The van der Waals surface area contributed by atoms with Crippen molar-refractivity contribution >= 4 is 28.8 Å². The van der Waals surface area contributed by atoms with Crippen molar-refractivity contribution in [3.05, 3.63) is 42.0 Å². The van der Waals surface area contributed by atoms with Crippen LogP contribution in [0.5, 0.6) is 5.75 Å². The van der Waals surface area contributed by atoms with Gasteiger partial charge in [-0.15, -0.1) is 0 Å². The predicted octanol–water partition coefficient (Wildman–Crippen LogP) is 3.09. The first-order valence-electron chi connectivity index (χ1n) is 9.47. The van der Waals surface area contributed by atoms with Gasteiger partial charge < -0.3 is 9.64 Å². The Labute approximate surface area is 159 Å². The van der Waals surface area contributed by atoms with Crippen LogP contribution in [0.3, 0.4) is 0 Å². The molecule has 2 aromatic carbocycles. The number of hydrogen-bond acceptors (Lipinski definition) is 4. The molecule has 6 heteroatoms. The van der Waals surface area contributed by atoms with Gasteiger partial charge in [-0.1, -0.05) is 43.2 Å². The van der Waals surface area contributed by atoms with E-state index in [-0.39, 0.29) is 0 Å². The van der Waals surface area contributed by atoms with Gasteiger partial charge in [0.05, 0.1) is 12.8 Å². The lowest BCUT2D eigenvalue weighted by Gasteiger charge is -2.18. The standard InChI is InChI=1S/C21H25N3O3/c1-2-27-19-12-11-16-9-5-6-10-17(16)18(19)15-22-23-20(25)21(26)24-13-7-3-4-8-14-24/h5-6,9-12,15H,2-4,7-8,13-14H2,1H3,(H,23,25)/b22-15-. The third kappa shape index (κ3) is 4.64. The van der Waals surface area contributed by atoms with Crippen LogP contribution in [-0.4, -0.2) is 42.6 Å². The van der Waals surface area contributed by atoms with Crippen LogP contribution < -0.4 is 10.2 Å². The molecule has 0 spiro atoms. The molecule has 1 fully saturated rings. The number of carbonyl (C=O) groups is 2. The molecule has 142 valence electrons. The molecule has 1 saturated heterocycles. The Balaban J connectivity index is 1.74. The molecule has 0 bridgehead atoms. The summed E-state index contributed by atoms with van der Waals surface area (Å²) >= 11 is 0. The maximum atomic E-state index is 12.3. The number of fused-ring (bicyclic) bond motifs is 1. The van der Waals surface area contributed by atoms with Crippen LogP contribution in [0, 0.1) is 0 Å². The molecule has 6 nitrogen and oxygen atoms in total. The smallest absolute Gasteiger partial charge is 0.329 e. The van der Waals surface area contributed by atoms with Crippen LogP contribution >= 0.6 is 0 Å². The average molecular weight is 367 g/mol. The molecular weight excluding hydrogens is 342 g/mol. The van der Waals surface area contributed by atoms with Gasteiger partial charge in [-0.05, 0) is 36.6 Å². The Kier molecular flexibility index (Phi) is 6.41. The number of hydrazone groups is 1. The molecule has 1 heterocycles. The molecule has 1 aliphatic rings. The van der Waals surface area contributed by atoms with Gasteiger partial charge in [-0.25, -0.2) is 5.43 Å². The summed E-state index contributed by atoms with van der Waals surface area (Å²) in [6.45, 7) is 3.71. The topological polar surface area (TPSA) is 71.0 Å². The Morgan fingerprint density at radius 1 is 1.11 bits per heavy atom. The quantitative estimate of drug-likeness (QED) is 0.513.